The third-order valence-electron chi connectivity index (χ3n) is 3.57. The fraction of sp³-hybridized carbons (Fsp3) is 1.00. The Morgan fingerprint density at radius 1 is 0.650 bits per heavy atom. The van der Waals surface area contributed by atoms with Gasteiger partial charge < -0.3 is 13.3 Å². The van der Waals surface area contributed by atoms with E-state index in [-0.39, 0.29) is 11.0 Å². The van der Waals surface area contributed by atoms with Crippen molar-refractivity contribution in [2.24, 2.45) is 0 Å². The predicted molar refractivity (Wildman–Crippen MR) is 98.3 cm³/mol. The Balaban J connectivity index is 0. The largest absolute Gasteiger partial charge is 0.500 e. The molecule has 0 amide bonds. The summed E-state index contributed by atoms with van der Waals surface area (Å²) in [6.45, 7) is 0. The van der Waals surface area contributed by atoms with Crippen LogP contribution >= 0.6 is 12.6 Å². The van der Waals surface area contributed by atoms with Crippen LogP contribution in [0.1, 0.15) is 57.8 Å². The first-order valence-electron chi connectivity index (χ1n) is 7.51. The van der Waals surface area contributed by atoms with Crippen LogP contribution < -0.4 is 0 Å². The third-order valence-corrected chi connectivity index (χ3v) is 6.72. The minimum absolute atomic E-state index is 0. The van der Waals surface area contributed by atoms with Crippen molar-refractivity contribution in [3.63, 3.8) is 0 Å². The molecular formula is C14H36O3SSi2. The van der Waals surface area contributed by atoms with Crippen LogP contribution in [0, 0.1) is 0 Å². The zero-order valence-corrected chi connectivity index (χ0v) is 14.8. The molecule has 0 atom stereocenters. The first-order valence-corrected chi connectivity index (χ1v) is 10.1. The molecule has 124 valence electrons. The number of hydrogen-bond donors (Lipinski definition) is 1. The van der Waals surface area contributed by atoms with E-state index in [4.69, 9.17) is 13.3 Å². The van der Waals surface area contributed by atoms with E-state index < -0.39 is 8.80 Å². The Morgan fingerprint density at radius 3 is 1.35 bits per heavy atom. The van der Waals surface area contributed by atoms with Gasteiger partial charge in [0.1, 0.15) is 0 Å². The molecule has 0 aromatic rings. The molecule has 0 heterocycles. The molecule has 0 aromatic heterocycles. The maximum atomic E-state index is 5.41. The molecule has 0 rings (SSSR count). The van der Waals surface area contributed by atoms with Gasteiger partial charge in [0.15, 0.2) is 0 Å². The fourth-order valence-electron chi connectivity index (χ4n) is 2.25. The second kappa shape index (κ2) is 16.0. The van der Waals surface area contributed by atoms with Crippen molar-refractivity contribution in [1.82, 2.24) is 0 Å². The van der Waals surface area contributed by atoms with Crippen molar-refractivity contribution < 1.29 is 13.3 Å². The van der Waals surface area contributed by atoms with Gasteiger partial charge in [-0.05, 0) is 29.6 Å². The summed E-state index contributed by atoms with van der Waals surface area (Å²) in [6, 6.07) is 0.929. The number of hydrogen-bond acceptors (Lipinski definition) is 4. The average molecular weight is 341 g/mol. The maximum Gasteiger partial charge on any atom is 0.500 e. The fourth-order valence-corrected chi connectivity index (χ4v) is 4.27. The Labute approximate surface area is 137 Å². The first-order chi connectivity index (χ1) is 9.24. The van der Waals surface area contributed by atoms with E-state index in [0.29, 0.717) is 0 Å². The van der Waals surface area contributed by atoms with Crippen molar-refractivity contribution in [2.45, 2.75) is 63.8 Å². The monoisotopic (exact) mass is 340 g/mol. The topological polar surface area (TPSA) is 27.7 Å². The lowest BCUT2D eigenvalue weighted by Crippen LogP contribution is -2.42. The van der Waals surface area contributed by atoms with Crippen LogP contribution in [-0.2, 0) is 13.3 Å². The normalized spacial score (nSPS) is 11.4. The van der Waals surface area contributed by atoms with Gasteiger partial charge in [0.25, 0.3) is 0 Å². The molecule has 0 radical (unpaired) electrons. The van der Waals surface area contributed by atoms with Gasteiger partial charge in [0.2, 0.25) is 0 Å². The van der Waals surface area contributed by atoms with Crippen LogP contribution in [0.4, 0.5) is 0 Å². The molecule has 0 aliphatic rings. The molecule has 20 heavy (non-hydrogen) atoms. The smallest absolute Gasteiger partial charge is 0.377 e. The second-order valence-corrected chi connectivity index (χ2v) is 8.49. The van der Waals surface area contributed by atoms with Crippen molar-refractivity contribution in [3.05, 3.63) is 0 Å². The zero-order valence-electron chi connectivity index (χ0n) is 13.0. The molecule has 0 aliphatic carbocycles. The summed E-state index contributed by atoms with van der Waals surface area (Å²) in [4.78, 5) is 0. The summed E-state index contributed by atoms with van der Waals surface area (Å²) >= 11 is 4.22. The lowest BCUT2D eigenvalue weighted by Gasteiger charge is -2.24. The average Bonchev–Trinajstić information content (AvgIpc) is 2.46. The SMILES string of the molecule is CO[Si](CCCCCCCCCCCS)(OC)OC.[SiH4]. The standard InChI is InChI=1S/C14H32O3SSi.H4Si/c1-15-19(16-2,17-3)14-12-10-8-6-4-5-7-9-11-13-18;/h18H,4-14H2,1-3H3;1H4. The van der Waals surface area contributed by atoms with Gasteiger partial charge in [-0.15, -0.1) is 0 Å². The summed E-state index contributed by atoms with van der Waals surface area (Å²) in [5, 5.41) is 0. The highest BCUT2D eigenvalue weighted by molar-refractivity contribution is 7.80. The molecule has 6 heteroatoms. The van der Waals surface area contributed by atoms with Gasteiger partial charge in [-0.25, -0.2) is 0 Å². The Morgan fingerprint density at radius 2 is 1.00 bits per heavy atom. The van der Waals surface area contributed by atoms with Crippen molar-refractivity contribution in [2.75, 3.05) is 27.1 Å². The minimum atomic E-state index is -2.31. The molecule has 0 aromatic carbocycles. The molecule has 0 saturated carbocycles. The molecule has 3 nitrogen and oxygen atoms in total. The molecule has 0 saturated heterocycles. The van der Waals surface area contributed by atoms with Crippen LogP contribution in [0.2, 0.25) is 6.04 Å². The Kier molecular flexibility index (Phi) is 18.4. The van der Waals surface area contributed by atoms with Crippen LogP contribution in [0.3, 0.4) is 0 Å². The van der Waals surface area contributed by atoms with Crippen molar-refractivity contribution in [3.8, 4) is 0 Å². The zero-order chi connectivity index (χ0) is 14.4. The minimum Gasteiger partial charge on any atom is -0.377 e. The molecule has 0 N–H and O–H groups in total. The molecule has 0 spiro atoms. The molecule has 0 bridgehead atoms. The summed E-state index contributed by atoms with van der Waals surface area (Å²) in [7, 11) is 2.74. The van der Waals surface area contributed by atoms with Crippen molar-refractivity contribution in [1.29, 1.82) is 0 Å². The van der Waals surface area contributed by atoms with E-state index >= 15 is 0 Å². The predicted octanol–water partition coefficient (Wildman–Crippen LogP) is 2.85. The number of thiol groups is 1. The van der Waals surface area contributed by atoms with E-state index in [1.807, 2.05) is 0 Å². The molecule has 0 aliphatic heterocycles. The molecule has 0 unspecified atom stereocenters. The Hall–Kier alpha value is 0.664. The van der Waals surface area contributed by atoms with E-state index in [2.05, 4.69) is 12.6 Å². The van der Waals surface area contributed by atoms with E-state index in [0.717, 1.165) is 18.2 Å². The first kappa shape index (κ1) is 22.9. The van der Waals surface area contributed by atoms with Crippen LogP contribution in [-0.4, -0.2) is 46.9 Å². The van der Waals surface area contributed by atoms with Crippen LogP contribution in [0.5, 0.6) is 0 Å². The summed E-state index contributed by atoms with van der Waals surface area (Å²) in [5.41, 5.74) is 0. The van der Waals surface area contributed by atoms with Crippen LogP contribution in [0.15, 0.2) is 0 Å². The summed E-state index contributed by atoms with van der Waals surface area (Å²) < 4.78 is 16.2. The van der Waals surface area contributed by atoms with E-state index in [9.17, 15) is 0 Å². The lowest BCUT2D eigenvalue weighted by molar-refractivity contribution is 0.122. The molecule has 0 fully saturated rings. The number of unbranched alkanes of at least 4 members (excludes halogenated alkanes) is 8. The van der Waals surface area contributed by atoms with E-state index in [1.54, 1.807) is 21.3 Å². The van der Waals surface area contributed by atoms with Gasteiger partial charge in [0, 0.05) is 27.4 Å². The lowest BCUT2D eigenvalue weighted by atomic mass is 10.1. The number of rotatable bonds is 14. The highest BCUT2D eigenvalue weighted by Crippen LogP contribution is 2.18. The Bertz CT molecular complexity index is 185. The maximum absolute atomic E-state index is 5.41. The van der Waals surface area contributed by atoms with E-state index in [1.165, 1.54) is 51.4 Å². The quantitative estimate of drug-likeness (QED) is 0.299. The van der Waals surface area contributed by atoms with Gasteiger partial charge >= 0.3 is 8.80 Å². The van der Waals surface area contributed by atoms with Gasteiger partial charge in [-0.1, -0.05) is 44.9 Å². The highest BCUT2D eigenvalue weighted by atomic mass is 32.1. The molecular weight excluding hydrogens is 304 g/mol. The van der Waals surface area contributed by atoms with Gasteiger partial charge in [-0.3, -0.25) is 0 Å². The summed E-state index contributed by atoms with van der Waals surface area (Å²) in [5.74, 6) is 1.03. The second-order valence-electron chi connectivity index (χ2n) is 4.95. The van der Waals surface area contributed by atoms with Crippen molar-refractivity contribution >= 4 is 32.4 Å². The van der Waals surface area contributed by atoms with Gasteiger partial charge in [-0.2, -0.15) is 12.6 Å². The third kappa shape index (κ3) is 11.3. The van der Waals surface area contributed by atoms with Gasteiger partial charge in [0.05, 0.1) is 0 Å². The highest BCUT2D eigenvalue weighted by Gasteiger charge is 2.36. The summed E-state index contributed by atoms with van der Waals surface area (Å²) in [6.07, 6.45) is 11.8. The van der Waals surface area contributed by atoms with Crippen LogP contribution in [0.25, 0.3) is 0 Å².